The van der Waals surface area contributed by atoms with Gasteiger partial charge in [-0.1, -0.05) is 53.5 Å². The SMILES string of the molecule is C/C=C1\C=CN(C(=O)Nc2cc(OCC(=O)NC)c(Cl)cc2Br)C(c2ccc(F)cc2)C1.O=C1C=CN(C(=O)Nc2cc(O)c(Cl)cc2Br)C(c2ccc(F)cc2)C1. The molecule has 11 nitrogen and oxygen atoms in total. The summed E-state index contributed by atoms with van der Waals surface area (Å²) in [5.41, 5.74) is 3.27. The molecule has 4 N–H and O–H groups in total. The lowest BCUT2D eigenvalue weighted by atomic mass is 9.95. The molecule has 2 aliphatic heterocycles. The van der Waals surface area contributed by atoms with Crippen LogP contribution in [0.4, 0.5) is 29.7 Å². The Morgan fingerprint density at radius 2 is 1.31 bits per heavy atom. The van der Waals surface area contributed by atoms with E-state index < -0.39 is 17.9 Å². The molecule has 0 spiro atoms. The number of nitrogens with zero attached hydrogens (tertiary/aromatic N) is 2. The minimum absolute atomic E-state index is 0.0859. The summed E-state index contributed by atoms with van der Waals surface area (Å²) in [6.45, 7) is 1.72. The summed E-state index contributed by atoms with van der Waals surface area (Å²) in [5, 5.41) is 18.1. The summed E-state index contributed by atoms with van der Waals surface area (Å²) >= 11 is 18.7. The lowest BCUT2D eigenvalue weighted by Crippen LogP contribution is -2.37. The van der Waals surface area contributed by atoms with E-state index in [1.54, 1.807) is 35.4 Å². The molecule has 5 amide bonds. The van der Waals surface area contributed by atoms with Gasteiger partial charge in [-0.25, -0.2) is 18.4 Å². The second-order valence-corrected chi connectivity index (χ2v) is 15.2. The van der Waals surface area contributed by atoms with E-state index in [-0.39, 0.29) is 59.1 Å². The van der Waals surface area contributed by atoms with Crippen LogP contribution in [0.25, 0.3) is 0 Å². The number of anilines is 2. The predicted octanol–water partition coefficient (Wildman–Crippen LogP) is 10.8. The number of ether oxygens (including phenoxy) is 1. The zero-order valence-corrected chi connectivity index (χ0v) is 35.4. The third-order valence-corrected chi connectivity index (χ3v) is 10.8. The highest BCUT2D eigenvalue weighted by atomic mass is 79.9. The van der Waals surface area contributed by atoms with E-state index in [0.717, 1.165) is 11.1 Å². The van der Waals surface area contributed by atoms with Crippen molar-refractivity contribution in [2.24, 2.45) is 0 Å². The molecule has 0 fully saturated rings. The largest absolute Gasteiger partial charge is 0.506 e. The van der Waals surface area contributed by atoms with Gasteiger partial charge in [-0.2, -0.15) is 0 Å². The number of halogens is 6. The first kappa shape index (κ1) is 43.9. The third-order valence-electron chi connectivity index (χ3n) is 8.89. The van der Waals surface area contributed by atoms with Crippen LogP contribution in [0.1, 0.15) is 43.0 Å². The number of hydrogen-bond acceptors (Lipinski definition) is 6. The topological polar surface area (TPSA) is 140 Å². The molecule has 0 bridgehead atoms. The maximum absolute atomic E-state index is 13.4. The molecule has 58 heavy (non-hydrogen) atoms. The fraction of sp³-hybridized carbons (Fsp3) is 0.171. The number of aromatic hydroxyl groups is 1. The molecule has 302 valence electrons. The number of carbonyl (C=O) groups is 4. The maximum atomic E-state index is 13.4. The Morgan fingerprint density at radius 3 is 1.84 bits per heavy atom. The number of hydrogen-bond donors (Lipinski definition) is 4. The molecule has 0 aromatic heterocycles. The van der Waals surface area contributed by atoms with Crippen LogP contribution in [-0.2, 0) is 9.59 Å². The highest BCUT2D eigenvalue weighted by molar-refractivity contribution is 9.11. The second-order valence-electron chi connectivity index (χ2n) is 12.7. The number of amides is 5. The van der Waals surface area contributed by atoms with Crippen LogP contribution in [0, 0.1) is 11.6 Å². The molecule has 0 aliphatic carbocycles. The minimum Gasteiger partial charge on any atom is -0.506 e. The lowest BCUT2D eigenvalue weighted by Gasteiger charge is -2.33. The van der Waals surface area contributed by atoms with Crippen molar-refractivity contribution >= 4 is 90.2 Å². The van der Waals surface area contributed by atoms with Crippen LogP contribution in [0.3, 0.4) is 0 Å². The van der Waals surface area contributed by atoms with Crippen molar-refractivity contribution in [3.63, 3.8) is 0 Å². The van der Waals surface area contributed by atoms with Gasteiger partial charge in [0.15, 0.2) is 12.4 Å². The van der Waals surface area contributed by atoms with Crippen LogP contribution in [0.2, 0.25) is 10.0 Å². The third kappa shape index (κ3) is 11.2. The zero-order chi connectivity index (χ0) is 42.1. The monoisotopic (exact) mass is 959 g/mol. The molecule has 6 rings (SSSR count). The van der Waals surface area contributed by atoms with E-state index in [0.29, 0.717) is 37.3 Å². The number of carbonyl (C=O) groups excluding carboxylic acids is 4. The van der Waals surface area contributed by atoms with Crippen LogP contribution in [0.15, 0.2) is 118 Å². The van der Waals surface area contributed by atoms with Gasteiger partial charge < -0.3 is 25.8 Å². The van der Waals surface area contributed by atoms with Crippen molar-refractivity contribution in [1.82, 2.24) is 15.1 Å². The first-order valence-electron chi connectivity index (χ1n) is 17.4. The van der Waals surface area contributed by atoms with Gasteiger partial charge in [0.1, 0.15) is 23.1 Å². The minimum atomic E-state index is -0.562. The van der Waals surface area contributed by atoms with E-state index >= 15 is 0 Å². The van der Waals surface area contributed by atoms with Gasteiger partial charge in [0.05, 0.1) is 33.5 Å². The van der Waals surface area contributed by atoms with E-state index in [1.807, 2.05) is 19.1 Å². The Balaban J connectivity index is 0.000000226. The molecule has 4 aromatic rings. The molecular formula is C41H35Br2Cl2F2N5O6. The average Bonchev–Trinajstić information content (AvgIpc) is 3.20. The van der Waals surface area contributed by atoms with Crippen LogP contribution >= 0.6 is 55.1 Å². The Hall–Kier alpha value is -5.22. The van der Waals surface area contributed by atoms with Gasteiger partial charge in [0, 0.05) is 46.9 Å². The number of benzene rings is 4. The summed E-state index contributed by atoms with van der Waals surface area (Å²) in [6, 6.07) is 15.9. The van der Waals surface area contributed by atoms with Crippen LogP contribution in [-0.4, -0.2) is 52.3 Å². The Labute approximate surface area is 359 Å². The number of rotatable bonds is 7. The predicted molar refractivity (Wildman–Crippen MR) is 226 cm³/mol. The van der Waals surface area contributed by atoms with Crippen molar-refractivity contribution in [3.8, 4) is 11.5 Å². The molecule has 0 saturated heterocycles. The molecule has 17 heteroatoms. The van der Waals surface area contributed by atoms with E-state index in [1.165, 1.54) is 72.8 Å². The normalized spacial score (nSPS) is 16.7. The Kier molecular flexibility index (Phi) is 15.1. The number of nitrogens with one attached hydrogen (secondary N) is 3. The quantitative estimate of drug-likeness (QED) is 0.145. The summed E-state index contributed by atoms with van der Waals surface area (Å²) < 4.78 is 33.1. The van der Waals surface area contributed by atoms with Crippen molar-refractivity contribution in [1.29, 1.82) is 0 Å². The number of urea groups is 2. The second kappa shape index (κ2) is 20.0. The van der Waals surface area contributed by atoms with E-state index in [4.69, 9.17) is 27.9 Å². The highest BCUT2D eigenvalue weighted by Crippen LogP contribution is 2.38. The summed E-state index contributed by atoms with van der Waals surface area (Å²) in [4.78, 5) is 52.1. The summed E-state index contributed by atoms with van der Waals surface area (Å²) in [6.07, 6.45) is 8.93. The molecule has 2 unspecified atom stereocenters. The molecule has 4 aromatic carbocycles. The first-order valence-corrected chi connectivity index (χ1v) is 19.8. The van der Waals surface area contributed by atoms with Crippen LogP contribution < -0.4 is 20.7 Å². The van der Waals surface area contributed by atoms with Gasteiger partial charge in [0.25, 0.3) is 5.91 Å². The smallest absolute Gasteiger partial charge is 0.326 e. The van der Waals surface area contributed by atoms with Gasteiger partial charge in [0.2, 0.25) is 0 Å². The highest BCUT2D eigenvalue weighted by Gasteiger charge is 2.30. The van der Waals surface area contributed by atoms with E-state index in [2.05, 4.69) is 47.8 Å². The average molecular weight is 962 g/mol. The van der Waals surface area contributed by atoms with Crippen molar-refractivity contribution < 1.29 is 37.8 Å². The lowest BCUT2D eigenvalue weighted by molar-refractivity contribution is -0.122. The van der Waals surface area contributed by atoms with Gasteiger partial charge in [-0.15, -0.1) is 0 Å². The first-order chi connectivity index (χ1) is 27.7. The zero-order valence-electron chi connectivity index (χ0n) is 30.7. The van der Waals surface area contributed by atoms with Crippen LogP contribution in [0.5, 0.6) is 11.5 Å². The fourth-order valence-electron chi connectivity index (χ4n) is 5.80. The van der Waals surface area contributed by atoms with Gasteiger partial charge in [-0.3, -0.25) is 19.4 Å². The Morgan fingerprint density at radius 1 is 0.810 bits per heavy atom. The summed E-state index contributed by atoms with van der Waals surface area (Å²) in [7, 11) is 1.50. The van der Waals surface area contributed by atoms with Crippen molar-refractivity contribution in [2.45, 2.75) is 31.8 Å². The molecule has 0 saturated carbocycles. The molecule has 0 radical (unpaired) electrons. The number of phenolic OH excluding ortho intramolecular Hbond substituents is 1. The summed E-state index contributed by atoms with van der Waals surface area (Å²) in [5.74, 6) is -1.10. The van der Waals surface area contributed by atoms with Gasteiger partial charge in [-0.05, 0) is 110 Å². The molecule has 2 heterocycles. The molecule has 2 aliphatic rings. The number of likely N-dealkylation sites (N-methyl/N-ethyl adjacent to an activating group) is 1. The van der Waals surface area contributed by atoms with Crippen molar-refractivity contribution in [2.75, 3.05) is 24.3 Å². The number of ketones is 1. The molecule has 2 atom stereocenters. The standard InChI is InChI=1S/C23H22BrClFN3O3.C18H13BrClFN2O3/c1-3-14-8-9-29(20(10-14)15-4-6-16(26)7-5-15)23(31)28-19-12-21(18(25)11-17(19)24)32-13-22(30)27-2;19-13-8-14(20)17(25)9-15(13)22-18(26)23-6-5-12(24)7-16(23)10-1-3-11(21)4-2-10/h3-9,11-12,20H,10,13H2,1-2H3,(H,27,30)(H,28,31);1-6,8-9,16,25H,7H2,(H,22,26)/b14-3+;. The molecular weight excluding hydrogens is 927 g/mol. The van der Waals surface area contributed by atoms with Crippen molar-refractivity contribution in [3.05, 3.63) is 151 Å². The number of phenols is 1. The van der Waals surface area contributed by atoms with E-state index in [9.17, 15) is 33.1 Å². The fourth-order valence-corrected chi connectivity index (χ4v) is 7.33. The Bertz CT molecular complexity index is 2290. The number of allylic oxidation sites excluding steroid dienone is 3. The van der Waals surface area contributed by atoms with Gasteiger partial charge >= 0.3 is 12.1 Å². The maximum Gasteiger partial charge on any atom is 0.326 e.